The van der Waals surface area contributed by atoms with Crippen LogP contribution in [0.2, 0.25) is 0 Å². The van der Waals surface area contributed by atoms with Crippen LogP contribution in [0.4, 0.5) is 4.39 Å². The van der Waals surface area contributed by atoms with Gasteiger partial charge in [-0.15, -0.1) is 11.3 Å². The minimum atomic E-state index is -0.139. The van der Waals surface area contributed by atoms with Gasteiger partial charge in [0.1, 0.15) is 5.82 Å². The van der Waals surface area contributed by atoms with Gasteiger partial charge in [-0.1, -0.05) is 6.07 Å². The van der Waals surface area contributed by atoms with Gasteiger partial charge in [-0.2, -0.15) is 0 Å². The summed E-state index contributed by atoms with van der Waals surface area (Å²) >= 11 is 1.65. The van der Waals surface area contributed by atoms with Crippen molar-refractivity contribution in [3.63, 3.8) is 0 Å². The van der Waals surface area contributed by atoms with E-state index in [2.05, 4.69) is 24.4 Å². The van der Waals surface area contributed by atoms with Crippen molar-refractivity contribution < 1.29 is 4.39 Å². The summed E-state index contributed by atoms with van der Waals surface area (Å²) in [6.45, 7) is 0. The molecule has 3 heteroatoms. The standard InChI is InChI=1S/C14H16FNS/c1-16(2)14(5-6-14)8-10-9-17-13-7-11(15)3-4-12(10)13/h3-4,7,9H,5-6,8H2,1-2H3. The molecule has 3 rings (SSSR count). The van der Waals surface area contributed by atoms with Gasteiger partial charge in [0.2, 0.25) is 0 Å². The van der Waals surface area contributed by atoms with E-state index in [1.807, 2.05) is 6.07 Å². The SMILES string of the molecule is CN(C)C1(Cc2csc3cc(F)ccc23)CC1. The lowest BCUT2D eigenvalue weighted by molar-refractivity contribution is 0.270. The second-order valence-electron chi connectivity index (χ2n) is 5.20. The van der Waals surface area contributed by atoms with Crippen LogP contribution in [0, 0.1) is 5.82 Å². The van der Waals surface area contributed by atoms with Gasteiger partial charge in [0.05, 0.1) is 0 Å². The summed E-state index contributed by atoms with van der Waals surface area (Å²) in [4.78, 5) is 2.33. The molecular formula is C14H16FNS. The highest BCUT2D eigenvalue weighted by Gasteiger charge is 2.44. The van der Waals surface area contributed by atoms with Gasteiger partial charge in [-0.05, 0) is 61.8 Å². The van der Waals surface area contributed by atoms with Gasteiger partial charge in [-0.25, -0.2) is 4.39 Å². The predicted octanol–water partition coefficient (Wildman–Crippen LogP) is 3.68. The first-order valence-corrected chi connectivity index (χ1v) is 6.82. The fraction of sp³-hybridized carbons (Fsp3) is 0.429. The monoisotopic (exact) mass is 249 g/mol. The van der Waals surface area contributed by atoms with Crippen molar-refractivity contribution in [2.75, 3.05) is 14.1 Å². The van der Waals surface area contributed by atoms with Gasteiger partial charge in [0, 0.05) is 10.2 Å². The number of benzene rings is 1. The zero-order valence-electron chi connectivity index (χ0n) is 10.2. The number of rotatable bonds is 3. The summed E-state index contributed by atoms with van der Waals surface area (Å²) in [5.41, 5.74) is 1.73. The van der Waals surface area contributed by atoms with Gasteiger partial charge < -0.3 is 4.90 Å². The number of hydrogen-bond donors (Lipinski definition) is 0. The zero-order chi connectivity index (χ0) is 12.0. The average Bonchev–Trinajstić information content (AvgIpc) is 2.96. The molecule has 0 aliphatic heterocycles. The molecule has 1 aliphatic carbocycles. The molecule has 0 radical (unpaired) electrons. The second kappa shape index (κ2) is 3.79. The number of thiophene rings is 1. The molecule has 17 heavy (non-hydrogen) atoms. The van der Waals surface area contributed by atoms with E-state index >= 15 is 0 Å². The van der Waals surface area contributed by atoms with Crippen molar-refractivity contribution in [3.05, 3.63) is 35.0 Å². The molecule has 0 saturated heterocycles. The van der Waals surface area contributed by atoms with Crippen LogP contribution in [0.3, 0.4) is 0 Å². The van der Waals surface area contributed by atoms with Crippen LogP contribution in [-0.2, 0) is 6.42 Å². The number of nitrogens with zero attached hydrogens (tertiary/aromatic N) is 1. The Hall–Kier alpha value is -0.930. The van der Waals surface area contributed by atoms with Gasteiger partial charge in [-0.3, -0.25) is 0 Å². The molecule has 90 valence electrons. The lowest BCUT2D eigenvalue weighted by Crippen LogP contribution is -2.31. The molecule has 1 heterocycles. The van der Waals surface area contributed by atoms with E-state index in [4.69, 9.17) is 0 Å². The Morgan fingerprint density at radius 3 is 2.76 bits per heavy atom. The minimum Gasteiger partial charge on any atom is -0.303 e. The summed E-state index contributed by atoms with van der Waals surface area (Å²) in [7, 11) is 4.31. The van der Waals surface area contributed by atoms with E-state index < -0.39 is 0 Å². The van der Waals surface area contributed by atoms with Crippen LogP contribution < -0.4 is 0 Å². The maximum Gasteiger partial charge on any atom is 0.124 e. The Morgan fingerprint density at radius 1 is 1.35 bits per heavy atom. The number of likely N-dealkylation sites (N-methyl/N-ethyl adjacent to an activating group) is 1. The topological polar surface area (TPSA) is 3.24 Å². The Kier molecular flexibility index (Phi) is 2.49. The molecule has 0 atom stereocenters. The molecule has 0 amide bonds. The van der Waals surface area contributed by atoms with Crippen molar-refractivity contribution >= 4 is 21.4 Å². The third-order valence-electron chi connectivity index (χ3n) is 3.91. The first-order chi connectivity index (χ1) is 8.11. The van der Waals surface area contributed by atoms with Crippen molar-refractivity contribution in [2.24, 2.45) is 0 Å². The van der Waals surface area contributed by atoms with Crippen molar-refractivity contribution in [1.29, 1.82) is 0 Å². The molecule has 0 unspecified atom stereocenters. The summed E-state index contributed by atoms with van der Waals surface area (Å²) < 4.78 is 14.2. The first kappa shape index (κ1) is 11.2. The Labute approximate surface area is 105 Å². The van der Waals surface area contributed by atoms with Crippen molar-refractivity contribution in [2.45, 2.75) is 24.8 Å². The Morgan fingerprint density at radius 2 is 2.12 bits per heavy atom. The third-order valence-corrected chi connectivity index (χ3v) is 4.91. The highest BCUT2D eigenvalue weighted by molar-refractivity contribution is 7.17. The van der Waals surface area contributed by atoms with Crippen LogP contribution in [-0.4, -0.2) is 24.5 Å². The lowest BCUT2D eigenvalue weighted by atomic mass is 10.0. The second-order valence-corrected chi connectivity index (χ2v) is 6.11. The summed E-state index contributed by atoms with van der Waals surface area (Å²) in [5.74, 6) is -0.139. The molecular weight excluding hydrogens is 233 g/mol. The van der Waals surface area contributed by atoms with E-state index in [9.17, 15) is 4.39 Å². The molecule has 1 aliphatic rings. The predicted molar refractivity (Wildman–Crippen MR) is 71.1 cm³/mol. The minimum absolute atomic E-state index is 0.139. The van der Waals surface area contributed by atoms with E-state index in [0.717, 1.165) is 11.1 Å². The van der Waals surface area contributed by atoms with E-state index in [1.165, 1.54) is 23.8 Å². The summed E-state index contributed by atoms with van der Waals surface area (Å²) in [5, 5.41) is 3.41. The van der Waals surface area contributed by atoms with Crippen LogP contribution in [0.5, 0.6) is 0 Å². The molecule has 0 N–H and O–H groups in total. The van der Waals surface area contributed by atoms with E-state index in [1.54, 1.807) is 23.5 Å². The molecule has 2 aromatic rings. The van der Waals surface area contributed by atoms with E-state index in [-0.39, 0.29) is 5.82 Å². The maximum absolute atomic E-state index is 13.1. The Bertz CT molecular complexity index is 554. The Balaban J connectivity index is 1.96. The fourth-order valence-electron chi connectivity index (χ4n) is 2.47. The quantitative estimate of drug-likeness (QED) is 0.802. The zero-order valence-corrected chi connectivity index (χ0v) is 11.0. The smallest absolute Gasteiger partial charge is 0.124 e. The molecule has 1 aromatic heterocycles. The van der Waals surface area contributed by atoms with Crippen LogP contribution >= 0.6 is 11.3 Å². The number of hydrogen-bond acceptors (Lipinski definition) is 2. The highest BCUT2D eigenvalue weighted by atomic mass is 32.1. The van der Waals surface area contributed by atoms with Gasteiger partial charge >= 0.3 is 0 Å². The average molecular weight is 249 g/mol. The summed E-state index contributed by atoms with van der Waals surface area (Å²) in [6.07, 6.45) is 3.64. The molecule has 1 saturated carbocycles. The molecule has 0 spiro atoms. The molecule has 0 bridgehead atoms. The maximum atomic E-state index is 13.1. The number of halogens is 1. The van der Waals surface area contributed by atoms with Crippen LogP contribution in [0.1, 0.15) is 18.4 Å². The highest BCUT2D eigenvalue weighted by Crippen LogP contribution is 2.44. The first-order valence-electron chi connectivity index (χ1n) is 5.94. The number of fused-ring (bicyclic) bond motifs is 1. The fourth-order valence-corrected chi connectivity index (χ4v) is 3.46. The molecule has 1 nitrogen and oxygen atoms in total. The molecule has 1 fully saturated rings. The largest absolute Gasteiger partial charge is 0.303 e. The summed E-state index contributed by atoms with van der Waals surface area (Å²) in [6, 6.07) is 5.12. The van der Waals surface area contributed by atoms with E-state index in [0.29, 0.717) is 5.54 Å². The van der Waals surface area contributed by atoms with Crippen molar-refractivity contribution in [3.8, 4) is 0 Å². The lowest BCUT2D eigenvalue weighted by Gasteiger charge is -2.23. The van der Waals surface area contributed by atoms with Crippen molar-refractivity contribution in [1.82, 2.24) is 4.90 Å². The van der Waals surface area contributed by atoms with Crippen LogP contribution in [0.15, 0.2) is 23.6 Å². The normalized spacial score (nSPS) is 17.9. The van der Waals surface area contributed by atoms with Gasteiger partial charge in [0.25, 0.3) is 0 Å². The van der Waals surface area contributed by atoms with Crippen LogP contribution in [0.25, 0.3) is 10.1 Å². The third kappa shape index (κ3) is 1.87. The molecule has 1 aromatic carbocycles. The van der Waals surface area contributed by atoms with Gasteiger partial charge in [0.15, 0.2) is 0 Å².